The summed E-state index contributed by atoms with van der Waals surface area (Å²) < 4.78 is 10.2. The van der Waals surface area contributed by atoms with Crippen LogP contribution in [0.15, 0.2) is 4.99 Å². The molecule has 0 bridgehead atoms. The Bertz CT molecular complexity index is 190. The molecule has 0 saturated carbocycles. The van der Waals surface area contributed by atoms with Crippen molar-refractivity contribution in [1.29, 1.82) is 0 Å². The molecule has 0 amide bonds. The number of methoxy groups -OCH3 is 1. The van der Waals surface area contributed by atoms with Gasteiger partial charge in [-0.2, -0.15) is 0 Å². The Morgan fingerprint density at radius 1 is 1.40 bits per heavy atom. The molecule has 0 unspecified atom stereocenters. The highest BCUT2D eigenvalue weighted by Crippen LogP contribution is 1.93. The van der Waals surface area contributed by atoms with E-state index in [9.17, 15) is 0 Å². The smallest absolute Gasteiger partial charge is 0.193 e. The lowest BCUT2D eigenvalue weighted by atomic mass is 10.6. The van der Waals surface area contributed by atoms with Gasteiger partial charge >= 0.3 is 0 Å². The van der Waals surface area contributed by atoms with Crippen LogP contribution < -0.4 is 5.32 Å². The average Bonchev–Trinajstić information content (AvgIpc) is 2.58. The summed E-state index contributed by atoms with van der Waals surface area (Å²) in [5, 5.41) is 3.22. The van der Waals surface area contributed by atoms with Gasteiger partial charge in [-0.15, -0.1) is 24.0 Å². The molecule has 6 heteroatoms. The van der Waals surface area contributed by atoms with Crippen molar-refractivity contribution in [3.63, 3.8) is 0 Å². The first kappa shape index (κ1) is 14.9. The van der Waals surface area contributed by atoms with Gasteiger partial charge in [0, 0.05) is 27.2 Å². The molecule has 1 rings (SSSR count). The summed E-state index contributed by atoms with van der Waals surface area (Å²) in [5.74, 6) is 0.973. The second-order valence-corrected chi connectivity index (χ2v) is 3.16. The number of nitrogens with zero attached hydrogens (tertiary/aromatic N) is 2. The zero-order valence-corrected chi connectivity index (χ0v) is 11.7. The van der Waals surface area contributed by atoms with Gasteiger partial charge in [-0.05, 0) is 0 Å². The molecule has 0 aromatic rings. The maximum absolute atomic E-state index is 5.31. The number of hydrogen-bond acceptors (Lipinski definition) is 5. The second-order valence-electron chi connectivity index (χ2n) is 3.16. The maximum atomic E-state index is 5.31. The molecule has 1 heterocycles. The quantitative estimate of drug-likeness (QED) is 0.557. The van der Waals surface area contributed by atoms with Gasteiger partial charge in [0.25, 0.3) is 0 Å². The number of likely N-dealkylation sites (N-methyl/N-ethyl adjacent to an activating group) is 1. The van der Waals surface area contributed by atoms with Crippen LogP contribution in [0.3, 0.4) is 0 Å². The fraction of sp³-hybridized carbons (Fsp3) is 0.889. The summed E-state index contributed by atoms with van der Waals surface area (Å²) in [5.41, 5.74) is 0. The minimum absolute atomic E-state index is 0. The van der Waals surface area contributed by atoms with Crippen LogP contribution in [-0.2, 0) is 9.47 Å². The molecule has 0 spiro atoms. The Balaban J connectivity index is 0.00000196. The van der Waals surface area contributed by atoms with Crippen molar-refractivity contribution in [3.05, 3.63) is 0 Å². The van der Waals surface area contributed by atoms with E-state index in [1.807, 2.05) is 7.05 Å². The number of ether oxygens (including phenoxy) is 2. The molecule has 5 nitrogen and oxygen atoms in total. The van der Waals surface area contributed by atoms with Crippen LogP contribution >= 0.6 is 24.0 Å². The standard InChI is InChI=1S/C9H19N3O2.HI/c1-12-5-3-10-9(12)11-4-6-14-8-7-13-2;/h3-8H2,1-2H3,(H,10,11);1H. The van der Waals surface area contributed by atoms with Gasteiger partial charge in [0.2, 0.25) is 0 Å². The number of guanidine groups is 1. The Kier molecular flexibility index (Phi) is 9.12. The third kappa shape index (κ3) is 6.16. The number of rotatable bonds is 6. The maximum Gasteiger partial charge on any atom is 0.193 e. The minimum atomic E-state index is 0. The van der Waals surface area contributed by atoms with Crippen LogP contribution in [-0.4, -0.2) is 64.5 Å². The SMILES string of the molecule is COCCOCCNC1=NCCN1C.I. The number of halogens is 1. The highest BCUT2D eigenvalue weighted by Gasteiger charge is 2.10. The number of nitrogens with one attached hydrogen (secondary N) is 1. The molecule has 0 atom stereocenters. The van der Waals surface area contributed by atoms with Crippen molar-refractivity contribution < 1.29 is 9.47 Å². The van der Waals surface area contributed by atoms with Crippen molar-refractivity contribution in [3.8, 4) is 0 Å². The molecule has 1 aliphatic rings. The highest BCUT2D eigenvalue weighted by molar-refractivity contribution is 14.0. The third-order valence-electron chi connectivity index (χ3n) is 2.02. The molecule has 0 radical (unpaired) electrons. The Morgan fingerprint density at radius 2 is 2.20 bits per heavy atom. The summed E-state index contributed by atoms with van der Waals surface area (Å²) in [6.45, 7) is 4.70. The lowest BCUT2D eigenvalue weighted by molar-refractivity contribution is 0.0732. The largest absolute Gasteiger partial charge is 0.382 e. The second kappa shape index (κ2) is 9.17. The first-order valence-corrected chi connectivity index (χ1v) is 4.90. The van der Waals surface area contributed by atoms with E-state index in [1.165, 1.54) is 0 Å². The van der Waals surface area contributed by atoms with Crippen LogP contribution in [0.5, 0.6) is 0 Å². The van der Waals surface area contributed by atoms with Gasteiger partial charge in [-0.25, -0.2) is 0 Å². The van der Waals surface area contributed by atoms with Crippen LogP contribution in [0.25, 0.3) is 0 Å². The van der Waals surface area contributed by atoms with Crippen molar-refractivity contribution in [1.82, 2.24) is 10.2 Å². The summed E-state index contributed by atoms with van der Waals surface area (Å²) >= 11 is 0. The lowest BCUT2D eigenvalue weighted by Gasteiger charge is -2.14. The first-order valence-electron chi connectivity index (χ1n) is 4.90. The van der Waals surface area contributed by atoms with E-state index in [1.54, 1.807) is 7.11 Å². The molecule has 0 aromatic heterocycles. The Labute approximate surface area is 108 Å². The van der Waals surface area contributed by atoms with Crippen LogP contribution in [0.2, 0.25) is 0 Å². The predicted molar refractivity (Wildman–Crippen MR) is 71.0 cm³/mol. The molecular weight excluding hydrogens is 309 g/mol. The van der Waals surface area contributed by atoms with E-state index in [0.29, 0.717) is 19.8 Å². The van der Waals surface area contributed by atoms with E-state index in [-0.39, 0.29) is 24.0 Å². The summed E-state index contributed by atoms with van der Waals surface area (Å²) in [6, 6.07) is 0. The van der Waals surface area contributed by atoms with Gasteiger partial charge in [-0.1, -0.05) is 0 Å². The topological polar surface area (TPSA) is 46.1 Å². The van der Waals surface area contributed by atoms with Gasteiger partial charge in [0.1, 0.15) is 0 Å². The normalized spacial score (nSPS) is 14.8. The van der Waals surface area contributed by atoms with Crippen molar-refractivity contribution >= 4 is 29.9 Å². The zero-order chi connectivity index (χ0) is 10.2. The number of hydrogen-bond donors (Lipinski definition) is 1. The summed E-state index contributed by atoms with van der Waals surface area (Å²) in [4.78, 5) is 6.41. The molecule has 0 aliphatic carbocycles. The minimum Gasteiger partial charge on any atom is -0.382 e. The Morgan fingerprint density at radius 3 is 2.80 bits per heavy atom. The van der Waals surface area contributed by atoms with Gasteiger partial charge in [0.05, 0.1) is 26.4 Å². The average molecular weight is 329 g/mol. The van der Waals surface area contributed by atoms with Gasteiger partial charge in [0.15, 0.2) is 5.96 Å². The molecule has 1 N–H and O–H groups in total. The highest BCUT2D eigenvalue weighted by atomic mass is 127. The summed E-state index contributed by atoms with van der Waals surface area (Å²) in [6.07, 6.45) is 0. The van der Waals surface area contributed by atoms with E-state index < -0.39 is 0 Å². The predicted octanol–water partition coefficient (Wildman–Crippen LogP) is 0.158. The van der Waals surface area contributed by atoms with E-state index in [4.69, 9.17) is 9.47 Å². The fourth-order valence-corrected chi connectivity index (χ4v) is 1.20. The molecule has 1 aliphatic heterocycles. The van der Waals surface area contributed by atoms with Crippen LogP contribution in [0.4, 0.5) is 0 Å². The van der Waals surface area contributed by atoms with Crippen LogP contribution in [0.1, 0.15) is 0 Å². The molecule has 90 valence electrons. The molecular formula is C9H20IN3O2. The van der Waals surface area contributed by atoms with E-state index >= 15 is 0 Å². The zero-order valence-electron chi connectivity index (χ0n) is 9.36. The van der Waals surface area contributed by atoms with Crippen molar-refractivity contribution in [2.24, 2.45) is 4.99 Å². The van der Waals surface area contributed by atoms with Crippen LogP contribution in [0, 0.1) is 0 Å². The first-order chi connectivity index (χ1) is 6.84. The number of aliphatic imine (C=N–C) groups is 1. The molecule has 0 fully saturated rings. The third-order valence-corrected chi connectivity index (χ3v) is 2.02. The Hall–Kier alpha value is -0.0800. The summed E-state index contributed by atoms with van der Waals surface area (Å²) in [7, 11) is 3.70. The van der Waals surface area contributed by atoms with Crippen molar-refractivity contribution in [2.75, 3.05) is 53.6 Å². The molecule has 0 aromatic carbocycles. The lowest BCUT2D eigenvalue weighted by Crippen LogP contribution is -2.37. The van der Waals surface area contributed by atoms with E-state index in [2.05, 4.69) is 15.2 Å². The van der Waals surface area contributed by atoms with Crippen molar-refractivity contribution in [2.45, 2.75) is 0 Å². The monoisotopic (exact) mass is 329 g/mol. The fourth-order valence-electron chi connectivity index (χ4n) is 1.20. The molecule has 15 heavy (non-hydrogen) atoms. The van der Waals surface area contributed by atoms with Gasteiger partial charge < -0.3 is 19.7 Å². The molecule has 0 saturated heterocycles. The van der Waals surface area contributed by atoms with E-state index in [0.717, 1.165) is 25.6 Å². The van der Waals surface area contributed by atoms with Gasteiger partial charge in [-0.3, -0.25) is 4.99 Å².